The fraction of sp³-hybridized carbons (Fsp3) is 0.258. The second kappa shape index (κ2) is 12.8. The van der Waals surface area contributed by atoms with E-state index in [1.54, 1.807) is 43.5 Å². The third-order valence-corrected chi connectivity index (χ3v) is 7.08. The van der Waals surface area contributed by atoms with Gasteiger partial charge in [0, 0.05) is 27.3 Å². The molecule has 0 radical (unpaired) electrons. The summed E-state index contributed by atoms with van der Waals surface area (Å²) in [7, 11) is 1.57. The quantitative estimate of drug-likeness (QED) is 0.184. The van der Waals surface area contributed by atoms with Gasteiger partial charge in [-0.3, -0.25) is 14.5 Å². The molecule has 0 fully saturated rings. The molecule has 1 amide bonds. The van der Waals surface area contributed by atoms with Gasteiger partial charge < -0.3 is 19.8 Å². The third-order valence-electron chi connectivity index (χ3n) is 6.83. The average molecular weight is 562 g/mol. The zero-order chi connectivity index (χ0) is 28.8. The van der Waals surface area contributed by atoms with Gasteiger partial charge in [0.25, 0.3) is 0 Å². The van der Waals surface area contributed by atoms with Crippen molar-refractivity contribution in [3.8, 4) is 5.75 Å². The first kappa shape index (κ1) is 28.9. The Morgan fingerprint density at radius 1 is 0.975 bits per heavy atom. The lowest BCUT2D eigenvalue weighted by atomic mass is 9.89. The summed E-state index contributed by atoms with van der Waals surface area (Å²) in [5, 5.41) is 4.14. The topological polar surface area (TPSA) is 101 Å². The fourth-order valence-corrected chi connectivity index (χ4v) is 4.78. The molecule has 0 saturated heterocycles. The molecule has 8 nitrogen and oxygen atoms in total. The number of benzene rings is 3. The molecular formula is C31H32ClN3O5. The van der Waals surface area contributed by atoms with Crippen molar-refractivity contribution in [2.45, 2.75) is 26.7 Å². The highest BCUT2D eigenvalue weighted by molar-refractivity contribution is 6.30. The number of aromatic nitrogens is 1. The number of hydrogen-bond donors (Lipinski definition) is 2. The van der Waals surface area contributed by atoms with E-state index in [9.17, 15) is 14.4 Å². The highest BCUT2D eigenvalue weighted by atomic mass is 35.5. The number of nitrogens with zero attached hydrogens (tertiary/aromatic N) is 1. The van der Waals surface area contributed by atoms with Crippen LogP contribution >= 0.6 is 11.6 Å². The first-order valence-electron chi connectivity index (χ1n) is 13.0. The number of likely N-dealkylation sites (N-methyl/N-ethyl adjacent to an activating group) is 1. The number of ether oxygens (including phenoxy) is 2. The van der Waals surface area contributed by atoms with Gasteiger partial charge in [-0.1, -0.05) is 37.6 Å². The number of H-pyrrole nitrogens is 1. The Bertz CT molecular complexity index is 1510. The van der Waals surface area contributed by atoms with E-state index in [4.69, 9.17) is 21.1 Å². The summed E-state index contributed by atoms with van der Waals surface area (Å²) in [5.74, 6) is -1.94. The fourth-order valence-electron chi connectivity index (χ4n) is 4.65. The average Bonchev–Trinajstić information content (AvgIpc) is 3.27. The van der Waals surface area contributed by atoms with Gasteiger partial charge in [0.1, 0.15) is 11.7 Å². The Labute approximate surface area is 238 Å². The zero-order valence-corrected chi connectivity index (χ0v) is 23.7. The molecule has 9 heteroatoms. The first-order valence-corrected chi connectivity index (χ1v) is 13.4. The van der Waals surface area contributed by atoms with Gasteiger partial charge in [-0.05, 0) is 85.7 Å². The van der Waals surface area contributed by atoms with Crippen molar-refractivity contribution in [2.75, 3.05) is 32.1 Å². The van der Waals surface area contributed by atoms with E-state index < -0.39 is 17.9 Å². The minimum absolute atomic E-state index is 0.125. The summed E-state index contributed by atoms with van der Waals surface area (Å²) < 4.78 is 10.8. The van der Waals surface area contributed by atoms with E-state index in [2.05, 4.69) is 10.3 Å². The first-order chi connectivity index (χ1) is 19.2. The molecule has 4 rings (SSSR count). The van der Waals surface area contributed by atoms with Gasteiger partial charge >= 0.3 is 11.9 Å². The minimum Gasteiger partial charge on any atom is -0.497 e. The molecule has 1 unspecified atom stereocenters. The molecule has 0 spiro atoms. The maximum absolute atomic E-state index is 13.7. The SMILES string of the molecule is CCN(CC)CC(=O)Nc1ccc(C(C(=O)OC(=O)c2ccc(Cl)cc2)c2c(C)[nH]c3ccc(OC)cc23)cc1. The second-order valence-corrected chi connectivity index (χ2v) is 9.79. The van der Waals surface area contributed by atoms with E-state index >= 15 is 0 Å². The molecule has 40 heavy (non-hydrogen) atoms. The third kappa shape index (κ3) is 6.52. The van der Waals surface area contributed by atoms with Crippen molar-refractivity contribution in [3.05, 3.63) is 94.1 Å². The molecule has 2 N–H and O–H groups in total. The van der Waals surface area contributed by atoms with E-state index in [-0.39, 0.29) is 18.0 Å². The van der Waals surface area contributed by atoms with Crippen molar-refractivity contribution < 1.29 is 23.9 Å². The minimum atomic E-state index is -0.933. The van der Waals surface area contributed by atoms with Crippen LogP contribution in [0.1, 0.15) is 46.9 Å². The number of aromatic amines is 1. The van der Waals surface area contributed by atoms with Gasteiger partial charge in [-0.15, -0.1) is 0 Å². The van der Waals surface area contributed by atoms with Crippen LogP contribution in [0.25, 0.3) is 10.9 Å². The monoisotopic (exact) mass is 561 g/mol. The number of halogens is 1. The largest absolute Gasteiger partial charge is 0.497 e. The summed E-state index contributed by atoms with van der Waals surface area (Å²) in [6, 6.07) is 18.7. The number of hydrogen-bond acceptors (Lipinski definition) is 6. The summed E-state index contributed by atoms with van der Waals surface area (Å²) in [4.78, 5) is 44.4. The van der Waals surface area contributed by atoms with Gasteiger partial charge in [-0.25, -0.2) is 4.79 Å². The lowest BCUT2D eigenvalue weighted by Gasteiger charge is -2.19. The summed E-state index contributed by atoms with van der Waals surface area (Å²) in [6.07, 6.45) is 0. The molecule has 4 aromatic rings. The van der Waals surface area contributed by atoms with Crippen LogP contribution in [-0.2, 0) is 14.3 Å². The van der Waals surface area contributed by atoms with Gasteiger partial charge in [0.05, 0.1) is 19.2 Å². The van der Waals surface area contributed by atoms with Crippen molar-refractivity contribution in [2.24, 2.45) is 0 Å². The number of rotatable bonds is 10. The van der Waals surface area contributed by atoms with Crippen LogP contribution in [0.3, 0.4) is 0 Å². The normalized spacial score (nSPS) is 11.8. The maximum Gasteiger partial charge on any atom is 0.345 e. The van der Waals surface area contributed by atoms with Crippen LogP contribution < -0.4 is 10.1 Å². The van der Waals surface area contributed by atoms with Crippen LogP contribution in [0, 0.1) is 6.92 Å². The van der Waals surface area contributed by atoms with Gasteiger partial charge in [0.2, 0.25) is 5.91 Å². The Kier molecular flexibility index (Phi) is 9.24. The number of methoxy groups -OCH3 is 1. The Morgan fingerprint density at radius 2 is 1.65 bits per heavy atom. The summed E-state index contributed by atoms with van der Waals surface area (Å²) in [5.41, 5.74) is 3.64. The number of amides is 1. The highest BCUT2D eigenvalue weighted by Crippen LogP contribution is 2.37. The Hall–Kier alpha value is -4.14. The maximum atomic E-state index is 13.7. The predicted octanol–water partition coefficient (Wildman–Crippen LogP) is 5.93. The summed E-state index contributed by atoms with van der Waals surface area (Å²) in [6.45, 7) is 7.71. The number of esters is 2. The van der Waals surface area contributed by atoms with Crippen molar-refractivity contribution in [1.82, 2.24) is 9.88 Å². The number of nitrogens with one attached hydrogen (secondary N) is 2. The van der Waals surface area contributed by atoms with E-state index in [1.807, 2.05) is 43.9 Å². The Balaban J connectivity index is 1.69. The van der Waals surface area contributed by atoms with Crippen LogP contribution in [0.5, 0.6) is 5.75 Å². The summed E-state index contributed by atoms with van der Waals surface area (Å²) >= 11 is 5.94. The Morgan fingerprint density at radius 3 is 2.27 bits per heavy atom. The lowest BCUT2D eigenvalue weighted by Crippen LogP contribution is -2.32. The molecule has 1 heterocycles. The van der Waals surface area contributed by atoms with Crippen molar-refractivity contribution >= 4 is 46.0 Å². The number of carbonyl (C=O) groups is 3. The highest BCUT2D eigenvalue weighted by Gasteiger charge is 2.31. The van der Waals surface area contributed by atoms with Crippen LogP contribution in [0.2, 0.25) is 5.02 Å². The molecule has 3 aromatic carbocycles. The molecular weight excluding hydrogens is 530 g/mol. The molecule has 0 aliphatic carbocycles. The van der Waals surface area contributed by atoms with Crippen LogP contribution in [-0.4, -0.2) is 54.5 Å². The lowest BCUT2D eigenvalue weighted by molar-refractivity contribution is -0.138. The van der Waals surface area contributed by atoms with Crippen LogP contribution in [0.4, 0.5) is 5.69 Å². The molecule has 1 aromatic heterocycles. The van der Waals surface area contributed by atoms with E-state index in [0.717, 1.165) is 29.7 Å². The molecule has 0 aliphatic heterocycles. The zero-order valence-electron chi connectivity index (χ0n) is 22.9. The van der Waals surface area contributed by atoms with Gasteiger partial charge in [0.15, 0.2) is 0 Å². The number of carbonyl (C=O) groups excluding carboxylic acids is 3. The number of aryl methyl sites for hydroxylation is 1. The molecule has 208 valence electrons. The van der Waals surface area contributed by atoms with Gasteiger partial charge in [-0.2, -0.15) is 0 Å². The van der Waals surface area contributed by atoms with Crippen molar-refractivity contribution in [3.63, 3.8) is 0 Å². The predicted molar refractivity (Wildman–Crippen MR) is 156 cm³/mol. The standard InChI is InChI=1S/C31H32ClN3O5/c1-5-35(6-2)18-27(36)34-23-13-9-20(10-14-23)29(31(38)40-30(37)21-7-11-22(32)12-8-21)28-19(3)33-26-16-15-24(39-4)17-25(26)28/h7-17,29,33H,5-6,18H2,1-4H3,(H,34,36). The van der Waals surface area contributed by atoms with Crippen LogP contribution in [0.15, 0.2) is 66.7 Å². The molecule has 0 bridgehead atoms. The molecule has 1 atom stereocenters. The van der Waals surface area contributed by atoms with E-state index in [0.29, 0.717) is 27.6 Å². The van der Waals surface area contributed by atoms with Crippen molar-refractivity contribution in [1.29, 1.82) is 0 Å². The second-order valence-electron chi connectivity index (χ2n) is 9.36. The number of fused-ring (bicyclic) bond motifs is 1. The molecule has 0 aliphatic rings. The number of anilines is 1. The smallest absolute Gasteiger partial charge is 0.345 e. The van der Waals surface area contributed by atoms with E-state index in [1.165, 1.54) is 12.1 Å². The molecule has 0 saturated carbocycles.